The number of carbonyl (C=O) groups is 2. The Kier molecular flexibility index (Phi) is 8.67. The Bertz CT molecular complexity index is 330. The average Bonchev–Trinajstić information content (AvgIpc) is 2.98. The highest BCUT2D eigenvalue weighted by molar-refractivity contribution is 5.85. The fourth-order valence-corrected chi connectivity index (χ4v) is 1.94. The summed E-state index contributed by atoms with van der Waals surface area (Å²) < 4.78 is 4.47. The third kappa shape index (κ3) is 6.02. The lowest BCUT2D eigenvalue weighted by Gasteiger charge is -2.05. The van der Waals surface area contributed by atoms with Gasteiger partial charge in [0.2, 0.25) is 0 Å². The van der Waals surface area contributed by atoms with Crippen molar-refractivity contribution in [2.45, 2.75) is 37.1 Å². The van der Waals surface area contributed by atoms with Gasteiger partial charge in [-0.3, -0.25) is 9.59 Å². The van der Waals surface area contributed by atoms with Crippen LogP contribution in [0.4, 0.5) is 0 Å². The minimum Gasteiger partial charge on any atom is -0.480 e. The van der Waals surface area contributed by atoms with E-state index >= 15 is 0 Å². The number of esters is 1. The van der Waals surface area contributed by atoms with E-state index in [9.17, 15) is 9.59 Å². The van der Waals surface area contributed by atoms with Gasteiger partial charge in [0, 0.05) is 25.9 Å². The number of hydrogen-bond acceptors (Lipinski definition) is 7. The number of halogens is 1. The van der Waals surface area contributed by atoms with E-state index in [1.165, 1.54) is 7.11 Å². The lowest BCUT2D eigenvalue weighted by molar-refractivity contribution is -0.143. The zero-order valence-corrected chi connectivity index (χ0v) is 11.9. The standard InChI is InChI=1S/C6H11NO3.C5H9NO3.ClH/c1-10-6(9)5-2-4(8)3-7-5;7-3-1-4(5(8)9)6-2-3;/h4-5,7-8H,2-3H2,1H3;3-4,6-7H,1-2H2,(H,8,9);1H/t4-,5+;3-,4+;/m11./s1. The molecule has 2 saturated heterocycles. The fourth-order valence-electron chi connectivity index (χ4n) is 1.94. The molecule has 8 nitrogen and oxygen atoms in total. The molecule has 0 aromatic carbocycles. The second-order valence-corrected chi connectivity index (χ2v) is 4.56. The van der Waals surface area contributed by atoms with Crippen LogP contribution in [0, 0.1) is 0 Å². The molecule has 2 heterocycles. The lowest BCUT2D eigenvalue weighted by Crippen LogP contribution is -2.31. The number of aliphatic hydroxyl groups is 2. The summed E-state index contributed by atoms with van der Waals surface area (Å²) in [6.45, 7) is 0.886. The molecular weight excluding hydrogens is 292 g/mol. The molecule has 9 heteroatoms. The predicted octanol–water partition coefficient (Wildman–Crippen LogP) is -1.90. The van der Waals surface area contributed by atoms with Crippen molar-refractivity contribution in [1.29, 1.82) is 0 Å². The van der Waals surface area contributed by atoms with Gasteiger partial charge in [-0.2, -0.15) is 0 Å². The minimum atomic E-state index is -0.883. The van der Waals surface area contributed by atoms with Crippen LogP contribution in [0.2, 0.25) is 0 Å². The van der Waals surface area contributed by atoms with Crippen molar-refractivity contribution in [3.05, 3.63) is 0 Å². The van der Waals surface area contributed by atoms with Gasteiger partial charge in [0.15, 0.2) is 0 Å². The van der Waals surface area contributed by atoms with Crippen molar-refractivity contribution in [1.82, 2.24) is 10.6 Å². The van der Waals surface area contributed by atoms with Gasteiger partial charge >= 0.3 is 11.9 Å². The number of carboxylic acid groups (broad SMARTS) is 1. The predicted molar refractivity (Wildman–Crippen MR) is 71.7 cm³/mol. The van der Waals surface area contributed by atoms with Crippen molar-refractivity contribution in [2.75, 3.05) is 20.2 Å². The van der Waals surface area contributed by atoms with E-state index < -0.39 is 24.2 Å². The largest absolute Gasteiger partial charge is 0.480 e. The van der Waals surface area contributed by atoms with Crippen molar-refractivity contribution >= 4 is 24.3 Å². The second-order valence-electron chi connectivity index (χ2n) is 4.56. The normalized spacial score (nSPS) is 31.8. The summed E-state index contributed by atoms with van der Waals surface area (Å²) in [6, 6.07) is -0.847. The minimum absolute atomic E-state index is 0. The molecule has 0 aliphatic carbocycles. The van der Waals surface area contributed by atoms with Crippen LogP contribution < -0.4 is 10.6 Å². The van der Waals surface area contributed by atoms with Gasteiger partial charge in [0.25, 0.3) is 0 Å². The molecule has 2 aliphatic rings. The van der Waals surface area contributed by atoms with Gasteiger partial charge in [0.05, 0.1) is 19.3 Å². The van der Waals surface area contributed by atoms with Gasteiger partial charge in [-0.25, -0.2) is 0 Å². The third-order valence-corrected chi connectivity index (χ3v) is 3.00. The molecule has 118 valence electrons. The molecule has 20 heavy (non-hydrogen) atoms. The number of aliphatic carboxylic acids is 1. The van der Waals surface area contributed by atoms with Crippen LogP contribution in [0.3, 0.4) is 0 Å². The highest BCUT2D eigenvalue weighted by atomic mass is 35.5. The smallest absolute Gasteiger partial charge is 0.322 e. The van der Waals surface area contributed by atoms with Crippen molar-refractivity contribution in [2.24, 2.45) is 0 Å². The maximum atomic E-state index is 10.8. The van der Waals surface area contributed by atoms with Crippen LogP contribution in [0.15, 0.2) is 0 Å². The van der Waals surface area contributed by atoms with E-state index in [1.54, 1.807) is 0 Å². The number of hydrogen-bond donors (Lipinski definition) is 5. The quantitative estimate of drug-likeness (QED) is 0.374. The molecule has 0 radical (unpaired) electrons. The van der Waals surface area contributed by atoms with Crippen LogP contribution in [0.25, 0.3) is 0 Å². The van der Waals surface area contributed by atoms with Crippen LogP contribution in [-0.2, 0) is 14.3 Å². The Labute approximate surface area is 122 Å². The van der Waals surface area contributed by atoms with Gasteiger partial charge < -0.3 is 30.7 Å². The molecule has 4 atom stereocenters. The molecular formula is C11H21ClN2O6. The summed E-state index contributed by atoms with van der Waals surface area (Å²) >= 11 is 0. The lowest BCUT2D eigenvalue weighted by atomic mass is 10.2. The van der Waals surface area contributed by atoms with E-state index in [0.717, 1.165) is 0 Å². The van der Waals surface area contributed by atoms with Crippen molar-refractivity contribution < 1.29 is 29.6 Å². The zero-order chi connectivity index (χ0) is 14.4. The highest BCUT2D eigenvalue weighted by Crippen LogP contribution is 2.06. The van der Waals surface area contributed by atoms with E-state index in [0.29, 0.717) is 25.9 Å². The number of nitrogens with one attached hydrogen (secondary N) is 2. The third-order valence-electron chi connectivity index (χ3n) is 3.00. The summed E-state index contributed by atoms with van der Waals surface area (Å²) in [4.78, 5) is 20.9. The molecule has 2 fully saturated rings. The summed E-state index contributed by atoms with van der Waals surface area (Å²) in [5, 5.41) is 31.6. The van der Waals surface area contributed by atoms with Crippen molar-refractivity contribution in [3.8, 4) is 0 Å². The summed E-state index contributed by atoms with van der Waals surface area (Å²) in [6.07, 6.45) is -0.0858. The van der Waals surface area contributed by atoms with Crippen LogP contribution in [0.1, 0.15) is 12.8 Å². The van der Waals surface area contributed by atoms with E-state index in [1.807, 2.05) is 0 Å². The second kappa shape index (κ2) is 9.09. The monoisotopic (exact) mass is 312 g/mol. The van der Waals surface area contributed by atoms with Gasteiger partial charge in [-0.15, -0.1) is 12.4 Å². The first-order valence-corrected chi connectivity index (χ1v) is 6.07. The topological polar surface area (TPSA) is 128 Å². The van der Waals surface area contributed by atoms with Gasteiger partial charge in [-0.05, 0) is 0 Å². The number of carboxylic acids is 1. The molecule has 0 spiro atoms. The maximum absolute atomic E-state index is 10.8. The van der Waals surface area contributed by atoms with Crippen LogP contribution in [-0.4, -0.2) is 71.7 Å². The Balaban J connectivity index is 0.000000345. The van der Waals surface area contributed by atoms with E-state index in [4.69, 9.17) is 15.3 Å². The van der Waals surface area contributed by atoms with E-state index in [-0.39, 0.29) is 24.4 Å². The first kappa shape index (κ1) is 19.1. The number of carbonyl (C=O) groups excluding carboxylic acids is 1. The summed E-state index contributed by atoms with van der Waals surface area (Å²) in [5.74, 6) is -1.18. The maximum Gasteiger partial charge on any atom is 0.322 e. The Morgan fingerprint density at radius 1 is 1.05 bits per heavy atom. The number of ether oxygens (including phenoxy) is 1. The number of aliphatic hydroxyl groups excluding tert-OH is 2. The first-order chi connectivity index (χ1) is 8.93. The molecule has 0 amide bonds. The SMILES string of the molecule is COC(=O)[C@@H]1C[C@@H](O)CN1.Cl.O=C(O)[C@@H]1C[C@@H](O)CN1. The Morgan fingerprint density at radius 2 is 1.50 bits per heavy atom. The Hall–Kier alpha value is -0.930. The number of methoxy groups -OCH3 is 1. The van der Waals surface area contributed by atoms with Crippen LogP contribution in [0.5, 0.6) is 0 Å². The fraction of sp³-hybridized carbons (Fsp3) is 0.818. The zero-order valence-electron chi connectivity index (χ0n) is 11.1. The van der Waals surface area contributed by atoms with Gasteiger partial charge in [0.1, 0.15) is 12.1 Å². The van der Waals surface area contributed by atoms with Gasteiger partial charge in [-0.1, -0.05) is 0 Å². The molecule has 0 aromatic heterocycles. The molecule has 0 saturated carbocycles. The molecule has 0 aromatic rings. The average molecular weight is 313 g/mol. The molecule has 5 N–H and O–H groups in total. The van der Waals surface area contributed by atoms with Crippen molar-refractivity contribution in [3.63, 3.8) is 0 Å². The molecule has 2 rings (SSSR count). The summed E-state index contributed by atoms with van der Waals surface area (Å²) in [7, 11) is 1.34. The number of rotatable bonds is 2. The highest BCUT2D eigenvalue weighted by Gasteiger charge is 2.28. The van der Waals surface area contributed by atoms with Crippen LogP contribution >= 0.6 is 12.4 Å². The number of β-amino-alcohol motifs (C(OH)–C–C–N with tert-alkyl or cyclic N) is 2. The van der Waals surface area contributed by atoms with E-state index in [2.05, 4.69) is 15.4 Å². The molecule has 2 aliphatic heterocycles. The summed E-state index contributed by atoms with van der Waals surface area (Å²) in [5.41, 5.74) is 0. The Morgan fingerprint density at radius 3 is 1.75 bits per heavy atom. The molecule has 0 unspecified atom stereocenters. The first-order valence-electron chi connectivity index (χ1n) is 6.07. The molecule has 0 bridgehead atoms.